The molecule has 1 aromatic heterocycles. The van der Waals surface area contributed by atoms with Crippen molar-refractivity contribution in [1.82, 2.24) is 10.2 Å². The first-order chi connectivity index (χ1) is 13.9. The van der Waals surface area contributed by atoms with Crippen LogP contribution in [0.2, 0.25) is 0 Å². The molecule has 3 heterocycles. The monoisotopic (exact) mass is 511 g/mol. The van der Waals surface area contributed by atoms with Gasteiger partial charge in [0.2, 0.25) is 0 Å². The normalized spacial score (nSPS) is 20.9. The van der Waals surface area contributed by atoms with Crippen molar-refractivity contribution in [3.05, 3.63) is 67.9 Å². The summed E-state index contributed by atoms with van der Waals surface area (Å²) in [4.78, 5) is 14.6. The van der Waals surface area contributed by atoms with Gasteiger partial charge in [-0.2, -0.15) is 4.73 Å². The van der Waals surface area contributed by atoms with E-state index in [4.69, 9.17) is 0 Å². The second kappa shape index (κ2) is 8.16. The quantitative estimate of drug-likeness (QED) is 0.374. The maximum absolute atomic E-state index is 14.3. The first-order valence-electron chi connectivity index (χ1n) is 9.76. The molecule has 8 heteroatoms. The van der Waals surface area contributed by atoms with Crippen LogP contribution in [0.25, 0.3) is 0 Å². The molecule has 0 spiro atoms. The molecule has 0 unspecified atom stereocenters. The van der Waals surface area contributed by atoms with Crippen molar-refractivity contribution >= 4 is 28.5 Å². The SMILES string of the molecule is O=C(c1cc[n+]([O-])cc1Cc1ccc(I)cc1F)N1CC(O)([C@@H]2CCCCN2)C1. The van der Waals surface area contributed by atoms with Crippen LogP contribution in [0.5, 0.6) is 0 Å². The lowest BCUT2D eigenvalue weighted by molar-refractivity contribution is -0.605. The van der Waals surface area contributed by atoms with Crippen LogP contribution in [0.4, 0.5) is 4.39 Å². The minimum atomic E-state index is -0.911. The Kier molecular flexibility index (Phi) is 5.76. The zero-order chi connectivity index (χ0) is 20.6. The number of piperidine rings is 1. The van der Waals surface area contributed by atoms with E-state index < -0.39 is 5.60 Å². The number of likely N-dealkylation sites (tertiary alicyclic amines) is 1. The largest absolute Gasteiger partial charge is 0.619 e. The molecule has 0 aliphatic carbocycles. The zero-order valence-electron chi connectivity index (χ0n) is 15.9. The predicted octanol–water partition coefficient (Wildman–Crippen LogP) is 1.98. The van der Waals surface area contributed by atoms with Crippen LogP contribution in [0, 0.1) is 14.6 Å². The van der Waals surface area contributed by atoms with Crippen LogP contribution in [-0.2, 0) is 6.42 Å². The van der Waals surface area contributed by atoms with Crippen molar-refractivity contribution < 1.29 is 19.0 Å². The smallest absolute Gasteiger partial charge is 0.254 e. The van der Waals surface area contributed by atoms with E-state index in [1.165, 1.54) is 24.5 Å². The molecule has 2 fully saturated rings. The standard InChI is InChI=1S/C21H23FIN3O3/c22-18-10-16(23)5-4-14(18)9-15-11-26(29)8-6-17(15)20(27)25-12-21(28,13-25)19-3-1-2-7-24-19/h4-6,8,10-11,19,24,28H,1-3,7,9,12-13H2/t19-/m0/s1. The number of hydrogen-bond acceptors (Lipinski definition) is 4. The van der Waals surface area contributed by atoms with Crippen LogP contribution in [0.1, 0.15) is 40.7 Å². The van der Waals surface area contributed by atoms with Crippen LogP contribution in [-0.4, -0.2) is 47.2 Å². The third-order valence-corrected chi connectivity index (χ3v) is 6.49. The summed E-state index contributed by atoms with van der Waals surface area (Å²) in [6.07, 6.45) is 5.82. The molecule has 2 N–H and O–H groups in total. The van der Waals surface area contributed by atoms with Crippen molar-refractivity contribution in [2.24, 2.45) is 0 Å². The number of pyridine rings is 1. The lowest BCUT2D eigenvalue weighted by atomic mass is 9.81. The van der Waals surface area contributed by atoms with Crippen molar-refractivity contribution in [3.63, 3.8) is 0 Å². The average Bonchev–Trinajstić information content (AvgIpc) is 2.68. The molecule has 1 aromatic carbocycles. The lowest BCUT2D eigenvalue weighted by Crippen LogP contribution is -2.72. The summed E-state index contributed by atoms with van der Waals surface area (Å²) >= 11 is 2.03. The van der Waals surface area contributed by atoms with Gasteiger partial charge in [-0.15, -0.1) is 0 Å². The summed E-state index contributed by atoms with van der Waals surface area (Å²) in [6.45, 7) is 1.40. The Hall–Kier alpha value is -1.78. The molecule has 0 saturated carbocycles. The van der Waals surface area contributed by atoms with Crippen LogP contribution in [0.15, 0.2) is 36.7 Å². The Morgan fingerprint density at radius 1 is 1.34 bits per heavy atom. The van der Waals surface area contributed by atoms with Gasteiger partial charge < -0.3 is 20.5 Å². The topological polar surface area (TPSA) is 79.5 Å². The lowest BCUT2D eigenvalue weighted by Gasteiger charge is -2.51. The first-order valence-corrected chi connectivity index (χ1v) is 10.8. The summed E-state index contributed by atoms with van der Waals surface area (Å²) in [5.41, 5.74) is 0.357. The second-order valence-electron chi connectivity index (χ2n) is 7.92. The number of aromatic nitrogens is 1. The van der Waals surface area contributed by atoms with Gasteiger partial charge in [0.25, 0.3) is 5.91 Å². The Balaban J connectivity index is 1.52. The van der Waals surface area contributed by atoms with Crippen molar-refractivity contribution in [2.75, 3.05) is 19.6 Å². The van der Waals surface area contributed by atoms with E-state index in [-0.39, 0.29) is 37.3 Å². The van der Waals surface area contributed by atoms with Crippen LogP contribution >= 0.6 is 22.6 Å². The first kappa shape index (κ1) is 20.5. The fraction of sp³-hybridized carbons (Fsp3) is 0.429. The van der Waals surface area contributed by atoms with Gasteiger partial charge in [0, 0.05) is 27.7 Å². The van der Waals surface area contributed by atoms with Crippen LogP contribution in [0.3, 0.4) is 0 Å². The highest BCUT2D eigenvalue weighted by atomic mass is 127. The second-order valence-corrected chi connectivity index (χ2v) is 9.17. The maximum Gasteiger partial charge on any atom is 0.254 e. The van der Waals surface area contributed by atoms with E-state index in [1.54, 1.807) is 17.0 Å². The Labute approximate surface area is 182 Å². The third-order valence-electron chi connectivity index (χ3n) is 5.82. The number of amides is 1. The fourth-order valence-electron chi connectivity index (χ4n) is 4.20. The number of nitrogens with one attached hydrogen (secondary N) is 1. The van der Waals surface area contributed by atoms with Gasteiger partial charge in [0.15, 0.2) is 12.4 Å². The van der Waals surface area contributed by atoms with Crippen molar-refractivity contribution in [1.29, 1.82) is 0 Å². The van der Waals surface area contributed by atoms with E-state index in [2.05, 4.69) is 5.32 Å². The minimum absolute atomic E-state index is 0.000214. The molecule has 29 heavy (non-hydrogen) atoms. The molecule has 154 valence electrons. The van der Waals surface area contributed by atoms with Crippen molar-refractivity contribution in [2.45, 2.75) is 37.3 Å². The molecule has 0 radical (unpaired) electrons. The molecule has 1 atom stereocenters. The summed E-state index contributed by atoms with van der Waals surface area (Å²) in [5.74, 6) is -0.606. The van der Waals surface area contributed by atoms with Gasteiger partial charge in [-0.1, -0.05) is 12.5 Å². The van der Waals surface area contributed by atoms with E-state index in [0.29, 0.717) is 21.4 Å². The number of hydrogen-bond donors (Lipinski definition) is 2. The molecule has 2 saturated heterocycles. The molecule has 4 rings (SSSR count). The molecule has 2 aromatic rings. The molecule has 2 aliphatic heterocycles. The van der Waals surface area contributed by atoms with Crippen LogP contribution < -0.4 is 10.0 Å². The molecular weight excluding hydrogens is 488 g/mol. The number of carbonyl (C=O) groups is 1. The van der Waals surface area contributed by atoms with E-state index >= 15 is 0 Å². The average molecular weight is 511 g/mol. The number of benzene rings is 1. The highest BCUT2D eigenvalue weighted by molar-refractivity contribution is 14.1. The Morgan fingerprint density at radius 2 is 2.14 bits per heavy atom. The highest BCUT2D eigenvalue weighted by Gasteiger charge is 2.49. The van der Waals surface area contributed by atoms with Crippen molar-refractivity contribution in [3.8, 4) is 0 Å². The molecule has 1 amide bonds. The summed E-state index contributed by atoms with van der Waals surface area (Å²) in [7, 11) is 0. The Bertz CT molecular complexity index is 927. The molecule has 0 bridgehead atoms. The highest BCUT2D eigenvalue weighted by Crippen LogP contribution is 2.31. The van der Waals surface area contributed by atoms with Gasteiger partial charge >= 0.3 is 0 Å². The summed E-state index contributed by atoms with van der Waals surface area (Å²) in [6, 6.07) is 6.37. The van der Waals surface area contributed by atoms with Gasteiger partial charge in [-0.05, 0) is 59.7 Å². The van der Waals surface area contributed by atoms with E-state index in [0.717, 1.165) is 29.4 Å². The number of aliphatic hydroxyl groups is 1. The van der Waals surface area contributed by atoms with Gasteiger partial charge in [-0.3, -0.25) is 4.79 Å². The number of β-amino-alcohol motifs (C(OH)–C–C–N with tert-alkyl or cyclic N) is 1. The number of carbonyl (C=O) groups excluding carboxylic acids is 1. The number of rotatable bonds is 4. The number of nitrogens with zero attached hydrogens (tertiary/aromatic N) is 2. The molecular formula is C21H23FIN3O3. The molecule has 2 aliphatic rings. The summed E-state index contributed by atoms with van der Waals surface area (Å²) in [5, 5.41) is 26.0. The predicted molar refractivity (Wildman–Crippen MR) is 114 cm³/mol. The van der Waals surface area contributed by atoms with Gasteiger partial charge in [0.1, 0.15) is 11.4 Å². The summed E-state index contributed by atoms with van der Waals surface area (Å²) < 4.78 is 15.7. The maximum atomic E-state index is 14.3. The molecule has 6 nitrogen and oxygen atoms in total. The minimum Gasteiger partial charge on any atom is -0.619 e. The van der Waals surface area contributed by atoms with E-state index in [9.17, 15) is 19.5 Å². The fourth-order valence-corrected chi connectivity index (χ4v) is 4.65. The number of halogens is 2. The van der Waals surface area contributed by atoms with Gasteiger partial charge in [0.05, 0.1) is 18.7 Å². The van der Waals surface area contributed by atoms with E-state index in [1.807, 2.05) is 22.6 Å². The zero-order valence-corrected chi connectivity index (χ0v) is 18.1. The third kappa shape index (κ3) is 4.24. The Morgan fingerprint density at radius 3 is 2.83 bits per heavy atom. The van der Waals surface area contributed by atoms with Gasteiger partial charge in [-0.25, -0.2) is 4.39 Å².